The van der Waals surface area contributed by atoms with Crippen molar-refractivity contribution in [3.63, 3.8) is 0 Å². The fourth-order valence-electron chi connectivity index (χ4n) is 4.19. The molecule has 2 aromatic rings. The van der Waals surface area contributed by atoms with Crippen LogP contribution < -0.4 is 20.7 Å². The first kappa shape index (κ1) is 21.2. The lowest BCUT2D eigenvalue weighted by Crippen LogP contribution is -2.65. The molecule has 0 radical (unpaired) electrons. The first-order valence-electron chi connectivity index (χ1n) is 10.1. The third-order valence-corrected chi connectivity index (χ3v) is 6.42. The largest absolute Gasteiger partial charge is 0.485 e. The quantitative estimate of drug-likeness (QED) is 0.580. The number of halogens is 2. The van der Waals surface area contributed by atoms with Crippen LogP contribution in [0.2, 0.25) is 10.0 Å². The molecule has 4 rings (SSSR count). The molecule has 1 saturated heterocycles. The second-order valence-corrected chi connectivity index (χ2v) is 8.82. The summed E-state index contributed by atoms with van der Waals surface area (Å²) in [7, 11) is 2.15. The lowest BCUT2D eigenvalue weighted by molar-refractivity contribution is -0.109. The summed E-state index contributed by atoms with van der Waals surface area (Å²) in [5, 5.41) is 12.3. The highest BCUT2D eigenvalue weighted by Gasteiger charge is 2.44. The average Bonchev–Trinajstić information content (AvgIpc) is 2.73. The minimum absolute atomic E-state index is 0.00206. The van der Waals surface area contributed by atoms with Crippen molar-refractivity contribution >= 4 is 40.9 Å². The Morgan fingerprint density at radius 1 is 1.23 bits per heavy atom. The Kier molecular flexibility index (Phi) is 6.39. The number of benzene rings is 2. The van der Waals surface area contributed by atoms with Crippen molar-refractivity contribution in [2.75, 3.05) is 37.4 Å². The van der Waals surface area contributed by atoms with E-state index in [4.69, 9.17) is 27.9 Å². The van der Waals surface area contributed by atoms with Gasteiger partial charge in [-0.2, -0.15) is 0 Å². The van der Waals surface area contributed by atoms with Crippen molar-refractivity contribution < 1.29 is 9.53 Å². The van der Waals surface area contributed by atoms with Crippen LogP contribution in [0.3, 0.4) is 0 Å². The molecule has 0 amide bonds. The number of hydrogen-bond donors (Lipinski definition) is 3. The number of piperidine rings is 1. The van der Waals surface area contributed by atoms with Gasteiger partial charge in [0.2, 0.25) is 0 Å². The second kappa shape index (κ2) is 9.02. The normalized spacial score (nSPS) is 20.2. The van der Waals surface area contributed by atoms with Crippen LogP contribution in [-0.2, 0) is 11.3 Å². The van der Waals surface area contributed by atoms with Crippen LogP contribution in [0.5, 0.6) is 5.75 Å². The van der Waals surface area contributed by atoms with E-state index < -0.39 is 0 Å². The Morgan fingerprint density at radius 2 is 2.03 bits per heavy atom. The van der Waals surface area contributed by atoms with E-state index in [2.05, 4.69) is 34.0 Å². The summed E-state index contributed by atoms with van der Waals surface area (Å²) in [5.74, 6) is 0.490. The summed E-state index contributed by atoms with van der Waals surface area (Å²) in [6, 6.07) is 11.6. The van der Waals surface area contributed by atoms with E-state index in [-0.39, 0.29) is 18.3 Å². The maximum Gasteiger partial charge on any atom is 0.157 e. The number of carbonyl (C=O) groups is 1. The minimum Gasteiger partial charge on any atom is -0.485 e. The topological polar surface area (TPSA) is 65.6 Å². The van der Waals surface area contributed by atoms with Crippen molar-refractivity contribution in [2.45, 2.75) is 31.1 Å². The van der Waals surface area contributed by atoms with E-state index in [1.807, 2.05) is 30.3 Å². The standard InChI is InChI=1S/C22H26Cl2N4O2/c1-28-7-5-22(6-8-28)21(25-14-15-3-2-4-16(23)11-15)26-18-13-20(30-10-9-29)17(24)12-19(18)27-22/h2-4,9,11-13,21,25-27H,5-8,10,14H2,1H3. The Balaban J connectivity index is 1.60. The summed E-state index contributed by atoms with van der Waals surface area (Å²) < 4.78 is 5.47. The highest BCUT2D eigenvalue weighted by Crippen LogP contribution is 2.42. The van der Waals surface area contributed by atoms with Gasteiger partial charge in [0.05, 0.1) is 21.9 Å². The smallest absolute Gasteiger partial charge is 0.157 e. The summed E-state index contributed by atoms with van der Waals surface area (Å²) >= 11 is 12.5. The molecule has 2 aromatic carbocycles. The molecular weight excluding hydrogens is 423 g/mol. The molecule has 2 aliphatic rings. The van der Waals surface area contributed by atoms with Crippen LogP contribution in [0.15, 0.2) is 36.4 Å². The molecule has 2 heterocycles. The number of anilines is 2. The number of nitrogens with zero attached hydrogens (tertiary/aromatic N) is 1. The van der Waals surface area contributed by atoms with Gasteiger partial charge in [0.15, 0.2) is 6.29 Å². The number of hydrogen-bond acceptors (Lipinski definition) is 6. The summed E-state index contributed by atoms with van der Waals surface area (Å²) in [6.07, 6.45) is 2.69. The molecular formula is C22H26Cl2N4O2. The maximum absolute atomic E-state index is 10.7. The molecule has 3 N–H and O–H groups in total. The van der Waals surface area contributed by atoms with E-state index in [1.165, 1.54) is 0 Å². The first-order chi connectivity index (χ1) is 14.5. The fraction of sp³-hybridized carbons (Fsp3) is 0.409. The molecule has 0 bridgehead atoms. The molecule has 0 aromatic heterocycles. The van der Waals surface area contributed by atoms with Crippen molar-refractivity contribution in [3.8, 4) is 5.75 Å². The van der Waals surface area contributed by atoms with Gasteiger partial charge >= 0.3 is 0 Å². The minimum atomic E-state index is -0.146. The zero-order valence-corrected chi connectivity index (χ0v) is 18.4. The number of ether oxygens (including phenoxy) is 1. The third-order valence-electron chi connectivity index (χ3n) is 5.89. The highest BCUT2D eigenvalue weighted by atomic mass is 35.5. The van der Waals surface area contributed by atoms with Crippen LogP contribution in [0, 0.1) is 0 Å². The van der Waals surface area contributed by atoms with Gasteiger partial charge in [0.25, 0.3) is 0 Å². The lowest BCUT2D eigenvalue weighted by Gasteiger charge is -2.50. The van der Waals surface area contributed by atoms with E-state index in [1.54, 1.807) is 0 Å². The molecule has 2 aliphatic heterocycles. The van der Waals surface area contributed by atoms with Gasteiger partial charge in [-0.05, 0) is 43.7 Å². The first-order valence-corrected chi connectivity index (χ1v) is 10.9. The maximum atomic E-state index is 10.7. The van der Waals surface area contributed by atoms with Crippen molar-refractivity contribution in [2.24, 2.45) is 0 Å². The van der Waals surface area contributed by atoms with Gasteiger partial charge in [-0.3, -0.25) is 10.1 Å². The summed E-state index contributed by atoms with van der Waals surface area (Å²) in [6.45, 7) is 2.68. The van der Waals surface area contributed by atoms with Crippen LogP contribution in [0.25, 0.3) is 0 Å². The molecule has 1 atom stereocenters. The number of aldehydes is 1. The number of likely N-dealkylation sites (tertiary alicyclic amines) is 1. The SMILES string of the molecule is CN1CCC2(CC1)Nc1cc(Cl)c(OCC=O)cc1NC2NCc1cccc(Cl)c1. The van der Waals surface area contributed by atoms with Crippen LogP contribution in [0.4, 0.5) is 11.4 Å². The number of carbonyl (C=O) groups excluding carboxylic acids is 1. The molecule has 0 aliphatic carbocycles. The zero-order valence-electron chi connectivity index (χ0n) is 16.9. The van der Waals surface area contributed by atoms with Crippen LogP contribution in [0.1, 0.15) is 18.4 Å². The Hall–Kier alpha value is -1.99. The van der Waals surface area contributed by atoms with Gasteiger partial charge in [0, 0.05) is 30.7 Å². The van der Waals surface area contributed by atoms with E-state index in [0.717, 1.165) is 47.9 Å². The summed E-state index contributed by atoms with van der Waals surface area (Å²) in [5.41, 5.74) is 2.83. The molecule has 1 unspecified atom stereocenters. The molecule has 1 spiro atoms. The van der Waals surface area contributed by atoms with Gasteiger partial charge in [-0.25, -0.2) is 0 Å². The average molecular weight is 449 g/mol. The molecule has 1 fully saturated rings. The number of fused-ring (bicyclic) bond motifs is 1. The molecule has 6 nitrogen and oxygen atoms in total. The van der Waals surface area contributed by atoms with Crippen molar-refractivity contribution in [1.82, 2.24) is 10.2 Å². The Labute approximate surface area is 186 Å². The van der Waals surface area contributed by atoms with Crippen molar-refractivity contribution in [1.29, 1.82) is 0 Å². The lowest BCUT2D eigenvalue weighted by atomic mass is 9.82. The third kappa shape index (κ3) is 4.52. The Bertz CT molecular complexity index is 916. The molecule has 30 heavy (non-hydrogen) atoms. The highest BCUT2D eigenvalue weighted by molar-refractivity contribution is 6.32. The fourth-order valence-corrected chi connectivity index (χ4v) is 4.62. The number of rotatable bonds is 6. The molecule has 8 heteroatoms. The molecule has 0 saturated carbocycles. The van der Waals surface area contributed by atoms with Gasteiger partial charge in [-0.1, -0.05) is 35.3 Å². The predicted octanol–water partition coefficient (Wildman–Crippen LogP) is 3.99. The van der Waals surface area contributed by atoms with E-state index in [0.29, 0.717) is 23.6 Å². The zero-order chi connectivity index (χ0) is 21.1. The second-order valence-electron chi connectivity index (χ2n) is 7.98. The van der Waals surface area contributed by atoms with E-state index >= 15 is 0 Å². The predicted molar refractivity (Wildman–Crippen MR) is 122 cm³/mol. The van der Waals surface area contributed by atoms with Gasteiger partial charge < -0.3 is 20.3 Å². The van der Waals surface area contributed by atoms with Crippen molar-refractivity contribution in [3.05, 3.63) is 52.0 Å². The van der Waals surface area contributed by atoms with Gasteiger partial charge in [-0.15, -0.1) is 0 Å². The Morgan fingerprint density at radius 3 is 2.77 bits per heavy atom. The monoisotopic (exact) mass is 448 g/mol. The number of nitrogens with one attached hydrogen (secondary N) is 3. The van der Waals surface area contributed by atoms with Crippen LogP contribution in [-0.4, -0.2) is 49.6 Å². The van der Waals surface area contributed by atoms with E-state index in [9.17, 15) is 4.79 Å². The summed E-state index contributed by atoms with van der Waals surface area (Å²) in [4.78, 5) is 13.0. The molecule has 160 valence electrons. The van der Waals surface area contributed by atoms with Crippen LogP contribution >= 0.6 is 23.2 Å². The van der Waals surface area contributed by atoms with Gasteiger partial charge in [0.1, 0.15) is 18.5 Å².